The van der Waals surface area contributed by atoms with Crippen LogP contribution >= 0.6 is 0 Å². The molecule has 0 aliphatic heterocycles. The maximum Gasteiger partial charge on any atom is 0.591 e. The van der Waals surface area contributed by atoms with Gasteiger partial charge in [-0.3, -0.25) is 0 Å². The summed E-state index contributed by atoms with van der Waals surface area (Å²) in [7, 11) is -2.71. The Kier molecular flexibility index (Phi) is 9.64. The topological polar surface area (TPSA) is 27.7 Å². The lowest BCUT2D eigenvalue weighted by Crippen LogP contribution is -2.45. The molecule has 0 rings (SSSR count). The first kappa shape index (κ1) is 15.7. The molecule has 0 aliphatic rings. The highest BCUT2D eigenvalue weighted by atomic mass is 28.4. The summed E-state index contributed by atoms with van der Waals surface area (Å²) >= 11 is 0. The van der Waals surface area contributed by atoms with Crippen LogP contribution < -0.4 is 0 Å². The van der Waals surface area contributed by atoms with E-state index in [2.05, 4.69) is 18.4 Å². The average Bonchev–Trinajstić information content (AvgIpc) is 2.26. The molecule has 0 heterocycles. The van der Waals surface area contributed by atoms with Crippen molar-refractivity contribution < 1.29 is 13.3 Å². The van der Waals surface area contributed by atoms with Gasteiger partial charge in [0.05, 0.1) is 0 Å². The molecule has 0 amide bonds. The van der Waals surface area contributed by atoms with Crippen molar-refractivity contribution in [2.75, 3.05) is 19.8 Å². The van der Waals surface area contributed by atoms with Gasteiger partial charge in [-0.05, 0) is 32.7 Å². The van der Waals surface area contributed by atoms with Gasteiger partial charge in [-0.25, -0.2) is 0 Å². The van der Waals surface area contributed by atoms with Crippen molar-refractivity contribution in [2.45, 2.75) is 47.0 Å². The van der Waals surface area contributed by atoms with Gasteiger partial charge < -0.3 is 13.3 Å². The monoisotopic (exact) mass is 244 g/mol. The second-order valence-corrected chi connectivity index (χ2v) is 5.49. The number of hydrogen-bond acceptors (Lipinski definition) is 3. The maximum absolute atomic E-state index is 5.61. The van der Waals surface area contributed by atoms with E-state index in [4.69, 9.17) is 13.3 Å². The van der Waals surface area contributed by atoms with Gasteiger partial charge in [0.1, 0.15) is 0 Å². The fourth-order valence-electron chi connectivity index (χ4n) is 1.24. The van der Waals surface area contributed by atoms with Crippen LogP contribution in [0.3, 0.4) is 0 Å². The van der Waals surface area contributed by atoms with Crippen LogP contribution in [0, 0.1) is 11.5 Å². The Labute approximate surface area is 101 Å². The molecular formula is C12H24O3Si. The molecule has 0 unspecified atom stereocenters. The lowest BCUT2D eigenvalue weighted by Gasteiger charge is -2.22. The molecule has 4 heteroatoms. The normalized spacial score (nSPS) is 11.0. The van der Waals surface area contributed by atoms with Crippen LogP contribution in [0.25, 0.3) is 0 Å². The Balaban J connectivity index is 4.49. The average molecular weight is 244 g/mol. The van der Waals surface area contributed by atoms with Crippen LogP contribution in [0.1, 0.15) is 47.0 Å². The van der Waals surface area contributed by atoms with Crippen LogP contribution in [0.5, 0.6) is 0 Å². The zero-order chi connectivity index (χ0) is 12.3. The Bertz CT molecular complexity index is 203. The van der Waals surface area contributed by atoms with E-state index >= 15 is 0 Å². The summed E-state index contributed by atoms with van der Waals surface area (Å²) in [5.74, 6) is 3.12. The molecule has 0 aromatic rings. The summed E-state index contributed by atoms with van der Waals surface area (Å²) in [6.07, 6.45) is 3.15. The van der Waals surface area contributed by atoms with Gasteiger partial charge in [0.25, 0.3) is 0 Å². The Morgan fingerprint density at radius 3 is 1.75 bits per heavy atom. The molecule has 94 valence electrons. The molecule has 0 N–H and O–H groups in total. The van der Waals surface area contributed by atoms with Gasteiger partial charge in [-0.15, -0.1) is 5.92 Å². The third-order valence-corrected chi connectivity index (χ3v) is 4.39. The van der Waals surface area contributed by atoms with Gasteiger partial charge in [0.15, 0.2) is 0 Å². The predicted molar refractivity (Wildman–Crippen MR) is 67.9 cm³/mol. The Morgan fingerprint density at radius 2 is 1.38 bits per heavy atom. The smallest absolute Gasteiger partial charge is 0.364 e. The molecule has 3 nitrogen and oxygen atoms in total. The third-order valence-electron chi connectivity index (χ3n) is 1.90. The zero-order valence-corrected chi connectivity index (χ0v) is 12.0. The van der Waals surface area contributed by atoms with Gasteiger partial charge in [0.2, 0.25) is 0 Å². The van der Waals surface area contributed by atoms with E-state index < -0.39 is 8.80 Å². The van der Waals surface area contributed by atoms with Crippen LogP contribution in [0.4, 0.5) is 0 Å². The van der Waals surface area contributed by atoms with Crippen molar-refractivity contribution in [2.24, 2.45) is 0 Å². The van der Waals surface area contributed by atoms with Crippen molar-refractivity contribution >= 4 is 8.80 Å². The largest absolute Gasteiger partial charge is 0.591 e. The summed E-state index contributed by atoms with van der Waals surface area (Å²) in [4.78, 5) is 0. The van der Waals surface area contributed by atoms with E-state index in [1.807, 2.05) is 20.8 Å². The van der Waals surface area contributed by atoms with Gasteiger partial charge in [0, 0.05) is 26.2 Å². The number of unbranched alkanes of at least 4 members (excludes halogenated alkanes) is 2. The molecule has 0 aromatic heterocycles. The quantitative estimate of drug-likeness (QED) is 0.373. The predicted octanol–water partition coefficient (Wildman–Crippen LogP) is 2.77. The van der Waals surface area contributed by atoms with Crippen molar-refractivity contribution in [1.82, 2.24) is 0 Å². The SMILES string of the molecule is CCCCC#C[Si](OCC)(OCC)OCC. The van der Waals surface area contributed by atoms with E-state index in [0.29, 0.717) is 19.8 Å². The Hall–Kier alpha value is -0.343. The third kappa shape index (κ3) is 6.29. The molecule has 0 spiro atoms. The van der Waals surface area contributed by atoms with E-state index in [1.54, 1.807) is 0 Å². The molecule has 16 heavy (non-hydrogen) atoms. The summed E-state index contributed by atoms with van der Waals surface area (Å²) in [6, 6.07) is 0. The van der Waals surface area contributed by atoms with Gasteiger partial charge >= 0.3 is 8.80 Å². The first-order valence-electron chi connectivity index (χ1n) is 6.16. The first-order valence-corrected chi connectivity index (χ1v) is 7.89. The van der Waals surface area contributed by atoms with Crippen LogP contribution in [-0.2, 0) is 13.3 Å². The minimum atomic E-state index is -2.71. The highest BCUT2D eigenvalue weighted by Gasteiger charge is 2.39. The summed E-state index contributed by atoms with van der Waals surface area (Å²) in [6.45, 7) is 9.70. The second-order valence-electron chi connectivity index (χ2n) is 3.26. The lowest BCUT2D eigenvalue weighted by molar-refractivity contribution is 0.0870. The molecule has 0 saturated carbocycles. The molecule has 0 aromatic carbocycles. The Morgan fingerprint density at radius 1 is 0.875 bits per heavy atom. The molecular weight excluding hydrogens is 220 g/mol. The van der Waals surface area contributed by atoms with Gasteiger partial charge in [-0.2, -0.15) is 0 Å². The number of hydrogen-bond donors (Lipinski definition) is 0. The highest BCUT2D eigenvalue weighted by molar-refractivity contribution is 6.69. The van der Waals surface area contributed by atoms with Crippen molar-refractivity contribution in [3.63, 3.8) is 0 Å². The molecule has 0 saturated heterocycles. The van der Waals surface area contributed by atoms with E-state index in [-0.39, 0.29) is 0 Å². The number of rotatable bonds is 8. The van der Waals surface area contributed by atoms with Gasteiger partial charge in [-0.1, -0.05) is 13.3 Å². The van der Waals surface area contributed by atoms with Crippen LogP contribution in [0.2, 0.25) is 0 Å². The van der Waals surface area contributed by atoms with Crippen molar-refractivity contribution in [1.29, 1.82) is 0 Å². The van der Waals surface area contributed by atoms with Crippen LogP contribution in [0.15, 0.2) is 0 Å². The van der Waals surface area contributed by atoms with E-state index in [0.717, 1.165) is 19.3 Å². The fourth-order valence-corrected chi connectivity index (χ4v) is 3.19. The highest BCUT2D eigenvalue weighted by Crippen LogP contribution is 2.09. The molecule has 0 atom stereocenters. The van der Waals surface area contributed by atoms with Crippen molar-refractivity contribution in [3.05, 3.63) is 0 Å². The van der Waals surface area contributed by atoms with E-state index in [9.17, 15) is 0 Å². The lowest BCUT2D eigenvalue weighted by atomic mass is 10.3. The minimum absolute atomic E-state index is 0.578. The van der Waals surface area contributed by atoms with Crippen molar-refractivity contribution in [3.8, 4) is 11.5 Å². The maximum atomic E-state index is 5.61. The minimum Gasteiger partial charge on any atom is -0.364 e. The molecule has 0 bridgehead atoms. The van der Waals surface area contributed by atoms with E-state index in [1.165, 1.54) is 0 Å². The summed E-state index contributed by atoms with van der Waals surface area (Å²) < 4.78 is 16.8. The van der Waals surface area contributed by atoms with Crippen LogP contribution in [-0.4, -0.2) is 28.6 Å². The molecule has 0 fully saturated rings. The second kappa shape index (κ2) is 9.85. The molecule has 0 radical (unpaired) electrons. The standard InChI is InChI=1S/C12H24O3Si/c1-5-9-10-11-12-16(13-6-2,14-7-3)15-8-4/h5-10H2,1-4H3. The zero-order valence-electron chi connectivity index (χ0n) is 11.0. The summed E-state index contributed by atoms with van der Waals surface area (Å²) in [5.41, 5.74) is 3.09. The fraction of sp³-hybridized carbons (Fsp3) is 0.833. The molecule has 0 aliphatic carbocycles. The first-order chi connectivity index (χ1) is 7.74. The summed E-state index contributed by atoms with van der Waals surface area (Å²) in [5, 5.41) is 0.